The molecule has 1 fully saturated rings. The molecule has 2 rings (SSSR count). The molecule has 0 radical (unpaired) electrons. The molecule has 1 aromatic rings. The van der Waals surface area contributed by atoms with E-state index >= 15 is 0 Å². The summed E-state index contributed by atoms with van der Waals surface area (Å²) in [6.07, 6.45) is 4.65. The van der Waals surface area contributed by atoms with Gasteiger partial charge >= 0.3 is 0 Å². The molecule has 0 aliphatic carbocycles. The Kier molecular flexibility index (Phi) is 8.00. The molecule has 1 aliphatic heterocycles. The van der Waals surface area contributed by atoms with E-state index in [4.69, 9.17) is 0 Å². The highest BCUT2D eigenvalue weighted by atomic mass is 32.2. The third-order valence-corrected chi connectivity index (χ3v) is 6.97. The van der Waals surface area contributed by atoms with E-state index in [2.05, 4.69) is 10.6 Å². The van der Waals surface area contributed by atoms with Gasteiger partial charge in [-0.15, -0.1) is 0 Å². The molecule has 1 aliphatic rings. The first-order chi connectivity index (χ1) is 13.3. The van der Waals surface area contributed by atoms with Crippen molar-refractivity contribution < 1.29 is 18.0 Å². The van der Waals surface area contributed by atoms with Gasteiger partial charge in [0.2, 0.25) is 15.9 Å². The molecule has 2 unspecified atom stereocenters. The lowest BCUT2D eigenvalue weighted by molar-refractivity contribution is -0.123. The van der Waals surface area contributed by atoms with Crippen LogP contribution in [0.1, 0.15) is 63.2 Å². The van der Waals surface area contributed by atoms with Gasteiger partial charge in [0, 0.05) is 24.7 Å². The van der Waals surface area contributed by atoms with E-state index in [0.29, 0.717) is 18.7 Å². The average Bonchev–Trinajstić information content (AvgIpc) is 2.97. The SMILES string of the molecule is CCC(C)NC(=O)C(C)NC(=O)c1ccc(S(=O)(=O)N2CCCCCC2)cc1. The molecular formula is C20H31N3O4S. The maximum Gasteiger partial charge on any atom is 0.251 e. The quantitative estimate of drug-likeness (QED) is 0.722. The Morgan fingerprint density at radius 3 is 2.11 bits per heavy atom. The lowest BCUT2D eigenvalue weighted by Crippen LogP contribution is -2.47. The molecule has 1 aromatic carbocycles. The number of hydrogen-bond acceptors (Lipinski definition) is 4. The van der Waals surface area contributed by atoms with Gasteiger partial charge in [0.15, 0.2) is 0 Å². The number of rotatable bonds is 7. The van der Waals surface area contributed by atoms with E-state index in [0.717, 1.165) is 32.1 Å². The van der Waals surface area contributed by atoms with Gasteiger partial charge in [-0.3, -0.25) is 9.59 Å². The van der Waals surface area contributed by atoms with Crippen LogP contribution < -0.4 is 10.6 Å². The van der Waals surface area contributed by atoms with Crippen molar-refractivity contribution in [1.82, 2.24) is 14.9 Å². The largest absolute Gasteiger partial charge is 0.352 e. The first-order valence-electron chi connectivity index (χ1n) is 9.97. The smallest absolute Gasteiger partial charge is 0.251 e. The number of carbonyl (C=O) groups excluding carboxylic acids is 2. The predicted octanol–water partition coefficient (Wildman–Crippen LogP) is 2.28. The lowest BCUT2D eigenvalue weighted by atomic mass is 10.2. The van der Waals surface area contributed by atoms with Gasteiger partial charge in [0.05, 0.1) is 4.90 Å². The highest BCUT2D eigenvalue weighted by Crippen LogP contribution is 2.20. The van der Waals surface area contributed by atoms with Gasteiger partial charge in [-0.25, -0.2) is 8.42 Å². The first-order valence-corrected chi connectivity index (χ1v) is 11.4. The minimum Gasteiger partial charge on any atom is -0.352 e. The van der Waals surface area contributed by atoms with Crippen LogP contribution in [-0.4, -0.2) is 49.7 Å². The van der Waals surface area contributed by atoms with Crippen LogP contribution in [0.4, 0.5) is 0 Å². The van der Waals surface area contributed by atoms with Crippen molar-refractivity contribution in [2.45, 2.75) is 69.9 Å². The zero-order chi connectivity index (χ0) is 20.7. The van der Waals surface area contributed by atoms with Crippen molar-refractivity contribution in [3.63, 3.8) is 0 Å². The maximum atomic E-state index is 12.8. The number of hydrogen-bond donors (Lipinski definition) is 2. The van der Waals surface area contributed by atoms with Crippen molar-refractivity contribution in [3.8, 4) is 0 Å². The van der Waals surface area contributed by atoms with Crippen LogP contribution in [0.25, 0.3) is 0 Å². The second-order valence-corrected chi connectivity index (χ2v) is 9.29. The highest BCUT2D eigenvalue weighted by Gasteiger charge is 2.25. The summed E-state index contributed by atoms with van der Waals surface area (Å²) in [6.45, 7) is 6.56. The van der Waals surface area contributed by atoms with Crippen LogP contribution in [0.3, 0.4) is 0 Å². The number of sulfonamides is 1. The van der Waals surface area contributed by atoms with Crippen LogP contribution in [0.15, 0.2) is 29.2 Å². The molecule has 0 aromatic heterocycles. The number of nitrogens with one attached hydrogen (secondary N) is 2. The molecule has 1 saturated heterocycles. The molecule has 0 spiro atoms. The Bertz CT molecular complexity index is 769. The summed E-state index contributed by atoms with van der Waals surface area (Å²) in [4.78, 5) is 24.6. The number of carbonyl (C=O) groups is 2. The standard InChI is InChI=1S/C20H31N3O4S/c1-4-15(2)21-19(24)16(3)22-20(25)17-9-11-18(12-10-17)28(26,27)23-13-7-5-6-8-14-23/h9-12,15-16H,4-8,13-14H2,1-3H3,(H,21,24)(H,22,25). The van der Waals surface area contributed by atoms with E-state index in [1.54, 1.807) is 6.92 Å². The van der Waals surface area contributed by atoms with E-state index in [9.17, 15) is 18.0 Å². The van der Waals surface area contributed by atoms with E-state index in [1.807, 2.05) is 13.8 Å². The number of benzene rings is 1. The molecule has 28 heavy (non-hydrogen) atoms. The second kappa shape index (κ2) is 10.0. The van der Waals surface area contributed by atoms with Gasteiger partial charge in [0.25, 0.3) is 5.91 Å². The van der Waals surface area contributed by atoms with Crippen molar-refractivity contribution >= 4 is 21.8 Å². The van der Waals surface area contributed by atoms with E-state index in [-0.39, 0.29) is 16.8 Å². The lowest BCUT2D eigenvalue weighted by Gasteiger charge is -2.20. The zero-order valence-corrected chi connectivity index (χ0v) is 17.7. The Morgan fingerprint density at radius 2 is 1.57 bits per heavy atom. The van der Waals surface area contributed by atoms with Crippen LogP contribution in [0.5, 0.6) is 0 Å². The Labute approximate surface area is 167 Å². The topological polar surface area (TPSA) is 95.6 Å². The van der Waals surface area contributed by atoms with Crippen molar-refractivity contribution in [2.24, 2.45) is 0 Å². The predicted molar refractivity (Wildman–Crippen MR) is 108 cm³/mol. The number of nitrogens with zero attached hydrogens (tertiary/aromatic N) is 1. The normalized spacial score (nSPS) is 18.0. The highest BCUT2D eigenvalue weighted by molar-refractivity contribution is 7.89. The van der Waals surface area contributed by atoms with E-state index < -0.39 is 22.0 Å². The molecule has 2 N–H and O–H groups in total. The minimum absolute atomic E-state index is 0.0373. The summed E-state index contributed by atoms with van der Waals surface area (Å²) in [5, 5.41) is 5.46. The monoisotopic (exact) mass is 409 g/mol. The summed E-state index contributed by atoms with van der Waals surface area (Å²) in [6, 6.07) is 5.24. The third kappa shape index (κ3) is 5.78. The van der Waals surface area contributed by atoms with Crippen molar-refractivity contribution in [1.29, 1.82) is 0 Å². The molecule has 8 heteroatoms. The number of amides is 2. The summed E-state index contributed by atoms with van der Waals surface area (Å²) < 4.78 is 27.1. The second-order valence-electron chi connectivity index (χ2n) is 7.36. The van der Waals surface area contributed by atoms with Crippen LogP contribution in [0, 0.1) is 0 Å². The minimum atomic E-state index is -3.54. The van der Waals surface area contributed by atoms with Gasteiger partial charge in [0.1, 0.15) is 6.04 Å². The molecule has 2 atom stereocenters. The summed E-state index contributed by atoms with van der Waals surface area (Å²) >= 11 is 0. The molecule has 1 heterocycles. The zero-order valence-electron chi connectivity index (χ0n) is 16.9. The van der Waals surface area contributed by atoms with Gasteiger partial charge in [-0.05, 0) is 57.4 Å². The Balaban J connectivity index is 2.03. The summed E-state index contributed by atoms with van der Waals surface area (Å²) in [7, 11) is -3.54. The fourth-order valence-electron chi connectivity index (χ4n) is 3.02. The summed E-state index contributed by atoms with van der Waals surface area (Å²) in [5.41, 5.74) is 0.318. The van der Waals surface area contributed by atoms with Crippen LogP contribution in [-0.2, 0) is 14.8 Å². The fourth-order valence-corrected chi connectivity index (χ4v) is 4.54. The first kappa shape index (κ1) is 22.4. The van der Waals surface area contributed by atoms with Gasteiger partial charge in [-0.2, -0.15) is 4.31 Å². The van der Waals surface area contributed by atoms with Crippen LogP contribution in [0.2, 0.25) is 0 Å². The van der Waals surface area contributed by atoms with Gasteiger partial charge in [-0.1, -0.05) is 19.8 Å². The molecule has 7 nitrogen and oxygen atoms in total. The Hall–Kier alpha value is -1.93. The van der Waals surface area contributed by atoms with Crippen LogP contribution >= 0.6 is 0 Å². The molecule has 2 amide bonds. The molecule has 0 bridgehead atoms. The van der Waals surface area contributed by atoms with Crippen molar-refractivity contribution in [2.75, 3.05) is 13.1 Å². The average molecular weight is 410 g/mol. The summed E-state index contributed by atoms with van der Waals surface area (Å²) in [5.74, 6) is -0.659. The van der Waals surface area contributed by atoms with Gasteiger partial charge < -0.3 is 10.6 Å². The molecular weight excluding hydrogens is 378 g/mol. The molecule has 0 saturated carbocycles. The van der Waals surface area contributed by atoms with Crippen molar-refractivity contribution in [3.05, 3.63) is 29.8 Å². The third-order valence-electron chi connectivity index (χ3n) is 5.06. The Morgan fingerprint density at radius 1 is 1.00 bits per heavy atom. The fraction of sp³-hybridized carbons (Fsp3) is 0.600. The molecule has 156 valence electrons. The van der Waals surface area contributed by atoms with E-state index in [1.165, 1.54) is 28.6 Å². The maximum absolute atomic E-state index is 12.8.